The van der Waals surface area contributed by atoms with Crippen molar-refractivity contribution in [1.82, 2.24) is 10.2 Å². The second-order valence-corrected chi connectivity index (χ2v) is 9.80. The normalized spacial score (nSPS) is 12.1. The number of amides is 2. The van der Waals surface area contributed by atoms with Crippen molar-refractivity contribution in [2.45, 2.75) is 51.7 Å². The Hall–Kier alpha value is -3.18. The van der Waals surface area contributed by atoms with Gasteiger partial charge in [0.1, 0.15) is 11.9 Å². The molecule has 0 radical (unpaired) electrons. The van der Waals surface area contributed by atoms with Gasteiger partial charge in [0, 0.05) is 29.1 Å². The zero-order valence-electron chi connectivity index (χ0n) is 19.7. The molecule has 178 valence electrons. The summed E-state index contributed by atoms with van der Waals surface area (Å²) in [5.41, 5.74) is 1.49. The van der Waals surface area contributed by atoms with Crippen LogP contribution in [0, 0.1) is 5.82 Å². The van der Waals surface area contributed by atoms with Gasteiger partial charge in [-0.1, -0.05) is 72.3 Å². The van der Waals surface area contributed by atoms with Gasteiger partial charge in [-0.2, -0.15) is 0 Å². The average Bonchev–Trinajstić information content (AvgIpc) is 2.77. The van der Waals surface area contributed by atoms with E-state index in [-0.39, 0.29) is 24.8 Å². The van der Waals surface area contributed by atoms with E-state index in [1.54, 1.807) is 36.4 Å². The number of hydrogen-bond acceptors (Lipinski definition) is 2. The molecule has 0 aliphatic rings. The summed E-state index contributed by atoms with van der Waals surface area (Å²) >= 11 is 6.11. The van der Waals surface area contributed by atoms with Crippen LogP contribution in [0.25, 0.3) is 0 Å². The molecule has 1 unspecified atom stereocenters. The highest BCUT2D eigenvalue weighted by atomic mass is 35.5. The molecule has 0 fully saturated rings. The Balaban J connectivity index is 2.00. The summed E-state index contributed by atoms with van der Waals surface area (Å²) in [7, 11) is 0. The first-order chi connectivity index (χ1) is 16.1. The molecule has 0 aliphatic carbocycles. The topological polar surface area (TPSA) is 49.4 Å². The molecule has 0 heterocycles. The molecule has 0 spiro atoms. The van der Waals surface area contributed by atoms with E-state index >= 15 is 0 Å². The molecule has 3 aromatic carbocycles. The predicted molar refractivity (Wildman–Crippen MR) is 134 cm³/mol. The van der Waals surface area contributed by atoms with E-state index in [0.29, 0.717) is 17.0 Å². The number of nitrogens with one attached hydrogen (secondary N) is 1. The minimum Gasteiger partial charge on any atom is -0.350 e. The van der Waals surface area contributed by atoms with E-state index in [0.717, 1.165) is 11.1 Å². The number of rotatable bonds is 8. The molecule has 0 saturated heterocycles. The Morgan fingerprint density at radius 2 is 1.59 bits per heavy atom. The predicted octanol–water partition coefficient (Wildman–Crippen LogP) is 5.58. The molecule has 0 aromatic heterocycles. The Morgan fingerprint density at radius 3 is 2.24 bits per heavy atom. The van der Waals surface area contributed by atoms with Crippen LogP contribution in [-0.2, 0) is 29.0 Å². The summed E-state index contributed by atoms with van der Waals surface area (Å²) in [4.78, 5) is 28.6. The highest BCUT2D eigenvalue weighted by Crippen LogP contribution is 2.20. The molecule has 0 saturated carbocycles. The minimum absolute atomic E-state index is 0.0267. The van der Waals surface area contributed by atoms with Crippen molar-refractivity contribution in [3.63, 3.8) is 0 Å². The van der Waals surface area contributed by atoms with Crippen LogP contribution in [0.1, 0.15) is 37.5 Å². The Kier molecular flexibility index (Phi) is 8.46. The number of carbonyl (C=O) groups is 2. The number of nitrogens with zero attached hydrogens (tertiary/aromatic N) is 1. The summed E-state index contributed by atoms with van der Waals surface area (Å²) in [6.45, 7) is 5.64. The first-order valence-electron chi connectivity index (χ1n) is 11.3. The number of benzene rings is 3. The maximum atomic E-state index is 14.6. The van der Waals surface area contributed by atoms with Crippen molar-refractivity contribution in [3.05, 3.63) is 106 Å². The molecular formula is C28H30ClFN2O2. The van der Waals surface area contributed by atoms with E-state index in [1.165, 1.54) is 11.0 Å². The van der Waals surface area contributed by atoms with Crippen molar-refractivity contribution >= 4 is 23.4 Å². The van der Waals surface area contributed by atoms with Crippen molar-refractivity contribution < 1.29 is 14.0 Å². The van der Waals surface area contributed by atoms with Crippen LogP contribution >= 0.6 is 11.6 Å². The van der Waals surface area contributed by atoms with Gasteiger partial charge in [-0.25, -0.2) is 4.39 Å². The highest BCUT2D eigenvalue weighted by Gasteiger charge is 2.32. The van der Waals surface area contributed by atoms with Gasteiger partial charge in [-0.05, 0) is 50.1 Å². The molecule has 3 aromatic rings. The largest absolute Gasteiger partial charge is 0.350 e. The monoisotopic (exact) mass is 480 g/mol. The SMILES string of the molecule is CC(C)(C)NC(=O)C(Cc1ccccc1)N(Cc1ccccc1F)C(=O)Cc1cccc(Cl)c1. The van der Waals surface area contributed by atoms with Crippen LogP contribution in [0.3, 0.4) is 0 Å². The fourth-order valence-corrected chi connectivity index (χ4v) is 3.95. The summed E-state index contributed by atoms with van der Waals surface area (Å²) < 4.78 is 14.6. The number of hydrogen-bond donors (Lipinski definition) is 1. The lowest BCUT2D eigenvalue weighted by Gasteiger charge is -2.34. The third kappa shape index (κ3) is 7.42. The lowest BCUT2D eigenvalue weighted by atomic mass is 9.99. The van der Waals surface area contributed by atoms with Crippen molar-refractivity contribution in [2.75, 3.05) is 0 Å². The number of halogens is 2. The van der Waals surface area contributed by atoms with Gasteiger partial charge in [0.2, 0.25) is 11.8 Å². The van der Waals surface area contributed by atoms with Crippen molar-refractivity contribution in [1.29, 1.82) is 0 Å². The van der Waals surface area contributed by atoms with Crippen LogP contribution in [-0.4, -0.2) is 28.3 Å². The fraction of sp³-hybridized carbons (Fsp3) is 0.286. The second kappa shape index (κ2) is 11.3. The van der Waals surface area contributed by atoms with E-state index < -0.39 is 17.4 Å². The van der Waals surface area contributed by atoms with Gasteiger partial charge in [0.15, 0.2) is 0 Å². The van der Waals surface area contributed by atoms with Gasteiger partial charge in [-0.3, -0.25) is 9.59 Å². The van der Waals surface area contributed by atoms with E-state index in [4.69, 9.17) is 11.6 Å². The van der Waals surface area contributed by atoms with Gasteiger partial charge < -0.3 is 10.2 Å². The Labute approximate surface area is 205 Å². The number of carbonyl (C=O) groups excluding carboxylic acids is 2. The molecule has 34 heavy (non-hydrogen) atoms. The molecule has 4 nitrogen and oxygen atoms in total. The van der Waals surface area contributed by atoms with Crippen molar-refractivity contribution in [3.8, 4) is 0 Å². The first kappa shape index (κ1) is 25.4. The minimum atomic E-state index is -0.826. The molecule has 1 N–H and O–H groups in total. The van der Waals surface area contributed by atoms with E-state index in [9.17, 15) is 14.0 Å². The van der Waals surface area contributed by atoms with E-state index in [2.05, 4.69) is 5.32 Å². The van der Waals surface area contributed by atoms with E-state index in [1.807, 2.05) is 57.2 Å². The van der Waals surface area contributed by atoms with Gasteiger partial charge in [-0.15, -0.1) is 0 Å². The Bertz CT molecular complexity index is 1130. The molecule has 0 bridgehead atoms. The molecular weight excluding hydrogens is 451 g/mol. The lowest BCUT2D eigenvalue weighted by molar-refractivity contribution is -0.141. The maximum Gasteiger partial charge on any atom is 0.243 e. The van der Waals surface area contributed by atoms with Crippen LogP contribution in [0.5, 0.6) is 0 Å². The summed E-state index contributed by atoms with van der Waals surface area (Å²) in [6.07, 6.45) is 0.349. The zero-order valence-corrected chi connectivity index (χ0v) is 20.5. The summed E-state index contributed by atoms with van der Waals surface area (Å²) in [5.74, 6) is -0.986. The van der Waals surface area contributed by atoms with Crippen LogP contribution < -0.4 is 5.32 Å². The summed E-state index contributed by atoms with van der Waals surface area (Å²) in [5, 5.41) is 3.53. The molecule has 3 rings (SSSR count). The van der Waals surface area contributed by atoms with Crippen LogP contribution in [0.4, 0.5) is 4.39 Å². The molecule has 2 amide bonds. The lowest BCUT2D eigenvalue weighted by Crippen LogP contribution is -2.54. The standard InChI is InChI=1S/C28H30ClFN2O2/c1-28(2,3)31-27(34)25(17-20-10-5-4-6-11-20)32(19-22-13-7-8-15-24(22)30)26(33)18-21-12-9-14-23(29)16-21/h4-16,25H,17-19H2,1-3H3,(H,31,34). The molecule has 6 heteroatoms. The molecule has 1 atom stereocenters. The average molecular weight is 481 g/mol. The van der Waals surface area contributed by atoms with Gasteiger partial charge >= 0.3 is 0 Å². The van der Waals surface area contributed by atoms with Crippen LogP contribution in [0.15, 0.2) is 78.9 Å². The second-order valence-electron chi connectivity index (χ2n) is 9.36. The third-order valence-electron chi connectivity index (χ3n) is 5.31. The van der Waals surface area contributed by atoms with Gasteiger partial charge in [0.25, 0.3) is 0 Å². The third-order valence-corrected chi connectivity index (χ3v) is 5.55. The maximum absolute atomic E-state index is 14.6. The molecule has 0 aliphatic heterocycles. The summed E-state index contributed by atoms with van der Waals surface area (Å²) in [6, 6.07) is 22.1. The first-order valence-corrected chi connectivity index (χ1v) is 11.6. The Morgan fingerprint density at radius 1 is 0.941 bits per heavy atom. The van der Waals surface area contributed by atoms with Crippen LogP contribution in [0.2, 0.25) is 5.02 Å². The van der Waals surface area contributed by atoms with Gasteiger partial charge in [0.05, 0.1) is 6.42 Å². The quantitative estimate of drug-likeness (QED) is 0.457. The fourth-order valence-electron chi connectivity index (χ4n) is 3.74. The highest BCUT2D eigenvalue weighted by molar-refractivity contribution is 6.30. The zero-order chi connectivity index (χ0) is 24.7. The van der Waals surface area contributed by atoms with Crippen molar-refractivity contribution in [2.24, 2.45) is 0 Å². The smallest absolute Gasteiger partial charge is 0.243 e.